The van der Waals surface area contributed by atoms with E-state index >= 15 is 0 Å². The summed E-state index contributed by atoms with van der Waals surface area (Å²) < 4.78 is 0. The van der Waals surface area contributed by atoms with Crippen LogP contribution < -0.4 is 0 Å². The second kappa shape index (κ2) is 5.21. The molecule has 1 aliphatic heterocycles. The van der Waals surface area contributed by atoms with Gasteiger partial charge in [-0.15, -0.1) is 0 Å². The van der Waals surface area contributed by atoms with Crippen LogP contribution in [0, 0.1) is 17.2 Å². The molecule has 0 amide bonds. The number of nitriles is 1. The fourth-order valence-electron chi connectivity index (χ4n) is 1.94. The van der Waals surface area contributed by atoms with Gasteiger partial charge in [0.05, 0.1) is 12.5 Å². The summed E-state index contributed by atoms with van der Waals surface area (Å²) in [5, 5.41) is 17.3. The SMILES string of the molecule is CC(CC#N)N1CCC(CCO)C1. The molecule has 0 aromatic heterocycles. The van der Waals surface area contributed by atoms with Gasteiger partial charge in [0.25, 0.3) is 0 Å². The van der Waals surface area contributed by atoms with Gasteiger partial charge in [-0.05, 0) is 32.2 Å². The van der Waals surface area contributed by atoms with Gasteiger partial charge in [-0.1, -0.05) is 0 Å². The van der Waals surface area contributed by atoms with Crippen LogP contribution in [0.15, 0.2) is 0 Å². The number of hydrogen-bond acceptors (Lipinski definition) is 3. The molecule has 0 aliphatic carbocycles. The molecular formula is C10H18N2O. The maximum absolute atomic E-state index is 8.78. The van der Waals surface area contributed by atoms with Gasteiger partial charge in [0.2, 0.25) is 0 Å². The third-order valence-corrected chi connectivity index (χ3v) is 2.86. The smallest absolute Gasteiger partial charge is 0.0638 e. The van der Waals surface area contributed by atoms with E-state index in [1.54, 1.807) is 0 Å². The molecule has 2 unspecified atom stereocenters. The minimum absolute atomic E-state index is 0.297. The molecule has 1 N–H and O–H groups in total. The average molecular weight is 182 g/mol. The van der Waals surface area contributed by atoms with E-state index < -0.39 is 0 Å². The van der Waals surface area contributed by atoms with Crippen LogP contribution in [0.5, 0.6) is 0 Å². The predicted molar refractivity (Wildman–Crippen MR) is 51.1 cm³/mol. The Kier molecular flexibility index (Phi) is 4.20. The van der Waals surface area contributed by atoms with Gasteiger partial charge < -0.3 is 5.11 Å². The van der Waals surface area contributed by atoms with Gasteiger partial charge >= 0.3 is 0 Å². The van der Waals surface area contributed by atoms with Gasteiger partial charge in [-0.25, -0.2) is 0 Å². The number of hydrogen-bond donors (Lipinski definition) is 1. The van der Waals surface area contributed by atoms with Crippen LogP contribution >= 0.6 is 0 Å². The molecule has 0 saturated carbocycles. The van der Waals surface area contributed by atoms with E-state index in [0.29, 0.717) is 25.0 Å². The summed E-state index contributed by atoms with van der Waals surface area (Å²) in [4.78, 5) is 2.35. The summed E-state index contributed by atoms with van der Waals surface area (Å²) in [7, 11) is 0. The number of nitrogens with zero attached hydrogens (tertiary/aromatic N) is 2. The summed E-state index contributed by atoms with van der Waals surface area (Å²) in [6.45, 7) is 4.55. The van der Waals surface area contributed by atoms with E-state index in [2.05, 4.69) is 17.9 Å². The molecule has 0 spiro atoms. The molecule has 2 atom stereocenters. The van der Waals surface area contributed by atoms with Crippen molar-refractivity contribution >= 4 is 0 Å². The minimum Gasteiger partial charge on any atom is -0.396 e. The number of likely N-dealkylation sites (tertiary alicyclic amines) is 1. The zero-order chi connectivity index (χ0) is 9.68. The standard InChI is InChI=1S/C10H18N2O/c1-9(2-5-11)12-6-3-10(8-12)4-7-13/h9-10,13H,2-4,6-8H2,1H3. The van der Waals surface area contributed by atoms with Crippen LogP contribution in [0.1, 0.15) is 26.2 Å². The highest BCUT2D eigenvalue weighted by atomic mass is 16.3. The molecule has 1 heterocycles. The van der Waals surface area contributed by atoms with E-state index in [4.69, 9.17) is 10.4 Å². The van der Waals surface area contributed by atoms with Crippen LogP contribution in [0.3, 0.4) is 0 Å². The molecule has 74 valence electrons. The maximum Gasteiger partial charge on any atom is 0.0638 e. The minimum atomic E-state index is 0.297. The van der Waals surface area contributed by atoms with Crippen molar-refractivity contribution in [2.75, 3.05) is 19.7 Å². The molecular weight excluding hydrogens is 164 g/mol. The summed E-state index contributed by atoms with van der Waals surface area (Å²) in [6, 6.07) is 2.58. The van der Waals surface area contributed by atoms with Crippen molar-refractivity contribution in [1.29, 1.82) is 5.26 Å². The quantitative estimate of drug-likeness (QED) is 0.705. The Morgan fingerprint density at radius 1 is 1.69 bits per heavy atom. The Morgan fingerprint density at radius 2 is 2.46 bits per heavy atom. The van der Waals surface area contributed by atoms with Crippen LogP contribution in [-0.2, 0) is 0 Å². The third-order valence-electron chi connectivity index (χ3n) is 2.86. The Bertz CT molecular complexity index is 188. The number of aliphatic hydroxyl groups excluding tert-OH is 1. The Labute approximate surface area is 80.0 Å². The van der Waals surface area contributed by atoms with Crippen molar-refractivity contribution < 1.29 is 5.11 Å². The lowest BCUT2D eigenvalue weighted by Gasteiger charge is -2.21. The number of rotatable bonds is 4. The van der Waals surface area contributed by atoms with Crippen molar-refractivity contribution in [3.63, 3.8) is 0 Å². The van der Waals surface area contributed by atoms with Gasteiger partial charge in [0.1, 0.15) is 0 Å². The van der Waals surface area contributed by atoms with Crippen LogP contribution in [0.4, 0.5) is 0 Å². The molecule has 13 heavy (non-hydrogen) atoms. The Hall–Kier alpha value is -0.590. The lowest BCUT2D eigenvalue weighted by molar-refractivity contribution is 0.229. The summed E-state index contributed by atoms with van der Waals surface area (Å²) in [5.41, 5.74) is 0. The lowest BCUT2D eigenvalue weighted by atomic mass is 10.1. The average Bonchev–Trinajstić information content (AvgIpc) is 2.54. The van der Waals surface area contributed by atoms with E-state index in [0.717, 1.165) is 19.5 Å². The topological polar surface area (TPSA) is 47.3 Å². The highest BCUT2D eigenvalue weighted by Crippen LogP contribution is 2.21. The molecule has 0 aromatic rings. The van der Waals surface area contributed by atoms with Gasteiger partial charge in [-0.2, -0.15) is 5.26 Å². The van der Waals surface area contributed by atoms with Crippen molar-refractivity contribution in [3.8, 4) is 6.07 Å². The van der Waals surface area contributed by atoms with E-state index in [1.807, 2.05) is 0 Å². The monoisotopic (exact) mass is 182 g/mol. The molecule has 3 nitrogen and oxygen atoms in total. The molecule has 1 fully saturated rings. The molecule has 1 aliphatic rings. The molecule has 0 bridgehead atoms. The highest BCUT2D eigenvalue weighted by molar-refractivity contribution is 4.84. The first kappa shape index (κ1) is 10.5. The molecule has 0 radical (unpaired) electrons. The summed E-state index contributed by atoms with van der Waals surface area (Å²) in [6.07, 6.45) is 2.71. The van der Waals surface area contributed by atoms with Crippen molar-refractivity contribution in [2.24, 2.45) is 5.92 Å². The van der Waals surface area contributed by atoms with Crippen LogP contribution in [0.2, 0.25) is 0 Å². The first-order chi connectivity index (χ1) is 6.27. The maximum atomic E-state index is 8.78. The molecule has 0 aromatic carbocycles. The summed E-state index contributed by atoms with van der Waals surface area (Å²) >= 11 is 0. The third kappa shape index (κ3) is 2.98. The Balaban J connectivity index is 2.28. The zero-order valence-electron chi connectivity index (χ0n) is 8.24. The fraction of sp³-hybridized carbons (Fsp3) is 0.900. The second-order valence-electron chi connectivity index (χ2n) is 3.87. The Morgan fingerprint density at radius 3 is 3.08 bits per heavy atom. The van der Waals surface area contributed by atoms with Crippen molar-refractivity contribution in [1.82, 2.24) is 4.90 Å². The normalized spacial score (nSPS) is 25.8. The number of aliphatic hydroxyl groups is 1. The molecule has 1 saturated heterocycles. The largest absolute Gasteiger partial charge is 0.396 e. The van der Waals surface area contributed by atoms with Crippen molar-refractivity contribution in [2.45, 2.75) is 32.2 Å². The van der Waals surface area contributed by atoms with Gasteiger partial charge in [0.15, 0.2) is 0 Å². The van der Waals surface area contributed by atoms with Crippen LogP contribution in [0.25, 0.3) is 0 Å². The van der Waals surface area contributed by atoms with Crippen molar-refractivity contribution in [3.05, 3.63) is 0 Å². The van der Waals surface area contributed by atoms with Gasteiger partial charge in [-0.3, -0.25) is 4.90 Å². The van der Waals surface area contributed by atoms with E-state index in [1.165, 1.54) is 6.42 Å². The lowest BCUT2D eigenvalue weighted by Crippen LogP contribution is -2.30. The first-order valence-electron chi connectivity index (χ1n) is 4.99. The predicted octanol–water partition coefficient (Wildman–Crippen LogP) is 0.993. The highest BCUT2D eigenvalue weighted by Gasteiger charge is 2.25. The molecule has 1 rings (SSSR count). The van der Waals surface area contributed by atoms with E-state index in [9.17, 15) is 0 Å². The van der Waals surface area contributed by atoms with Crippen LogP contribution in [-0.4, -0.2) is 35.7 Å². The second-order valence-corrected chi connectivity index (χ2v) is 3.87. The van der Waals surface area contributed by atoms with E-state index in [-0.39, 0.29) is 0 Å². The van der Waals surface area contributed by atoms with Gasteiger partial charge in [0, 0.05) is 19.2 Å². The summed E-state index contributed by atoms with van der Waals surface area (Å²) in [5.74, 6) is 0.645. The first-order valence-corrected chi connectivity index (χ1v) is 4.99. The zero-order valence-corrected chi connectivity index (χ0v) is 8.24. The fourth-order valence-corrected chi connectivity index (χ4v) is 1.94. The molecule has 3 heteroatoms.